The van der Waals surface area contributed by atoms with Crippen molar-refractivity contribution in [3.8, 4) is 11.1 Å². The summed E-state index contributed by atoms with van der Waals surface area (Å²) in [4.78, 5) is 30.6. The minimum Gasteiger partial charge on any atom is -0.337 e. The van der Waals surface area contributed by atoms with Crippen LogP contribution >= 0.6 is 11.6 Å². The van der Waals surface area contributed by atoms with Crippen LogP contribution in [0.15, 0.2) is 42.5 Å². The molecule has 0 atom stereocenters. The second kappa shape index (κ2) is 8.19. The van der Waals surface area contributed by atoms with Crippen molar-refractivity contribution < 1.29 is 9.59 Å². The Morgan fingerprint density at radius 2 is 1.75 bits per heavy atom. The van der Waals surface area contributed by atoms with Crippen molar-refractivity contribution >= 4 is 23.3 Å². The third kappa shape index (κ3) is 3.44. The second-order valence-corrected chi connectivity index (χ2v) is 8.86. The van der Waals surface area contributed by atoms with Gasteiger partial charge in [0.15, 0.2) is 5.78 Å². The second-order valence-electron chi connectivity index (χ2n) is 8.50. The standard InChI is InChI=1S/C25H25ClN4O2/c1-16-21(24(26)28(2)27-16)15-29-11-6-12-30(14-13-29)25(32)20-10-5-9-19-22(20)17-7-3-4-8-18(17)23(19)31/h3-5,7-10H,6,11-15H2,1-2H3. The Bertz CT molecular complexity index is 1230. The van der Waals surface area contributed by atoms with E-state index in [9.17, 15) is 9.59 Å². The predicted octanol–water partition coefficient (Wildman–Crippen LogP) is 3.94. The molecule has 0 N–H and O–H groups in total. The summed E-state index contributed by atoms with van der Waals surface area (Å²) in [5, 5.41) is 5.08. The van der Waals surface area contributed by atoms with Crippen LogP contribution in [0.1, 0.15) is 44.0 Å². The van der Waals surface area contributed by atoms with E-state index in [2.05, 4.69) is 10.00 Å². The number of amides is 1. The molecule has 1 aliphatic carbocycles. The Kier molecular flexibility index (Phi) is 5.35. The van der Waals surface area contributed by atoms with Gasteiger partial charge in [-0.2, -0.15) is 5.10 Å². The molecule has 2 heterocycles. The van der Waals surface area contributed by atoms with E-state index >= 15 is 0 Å². The SMILES string of the molecule is Cc1nn(C)c(Cl)c1CN1CCCN(C(=O)c2cccc3c2-c2ccccc2C3=O)CC1. The smallest absolute Gasteiger partial charge is 0.254 e. The minimum atomic E-state index is -0.0104. The number of nitrogens with zero attached hydrogens (tertiary/aromatic N) is 4. The van der Waals surface area contributed by atoms with E-state index in [0.29, 0.717) is 34.9 Å². The van der Waals surface area contributed by atoms with Crippen LogP contribution in [0, 0.1) is 6.92 Å². The Morgan fingerprint density at radius 3 is 2.50 bits per heavy atom. The van der Waals surface area contributed by atoms with Crippen LogP contribution in [0.4, 0.5) is 0 Å². The summed E-state index contributed by atoms with van der Waals surface area (Å²) in [5.41, 5.74) is 5.53. The third-order valence-corrected chi connectivity index (χ3v) is 6.98. The number of halogens is 1. The van der Waals surface area contributed by atoms with E-state index in [1.165, 1.54) is 0 Å². The number of aromatic nitrogens is 2. The number of benzene rings is 2. The van der Waals surface area contributed by atoms with Crippen molar-refractivity contribution in [2.75, 3.05) is 26.2 Å². The molecule has 0 saturated carbocycles. The van der Waals surface area contributed by atoms with E-state index in [1.807, 2.05) is 61.3 Å². The van der Waals surface area contributed by atoms with Gasteiger partial charge in [-0.05, 0) is 25.0 Å². The lowest BCUT2D eigenvalue weighted by Crippen LogP contribution is -2.35. The average molecular weight is 449 g/mol. The molecule has 0 spiro atoms. The van der Waals surface area contributed by atoms with E-state index in [0.717, 1.165) is 48.4 Å². The van der Waals surface area contributed by atoms with Gasteiger partial charge in [-0.25, -0.2) is 0 Å². The highest BCUT2D eigenvalue weighted by molar-refractivity contribution is 6.30. The lowest BCUT2D eigenvalue weighted by molar-refractivity contribution is 0.0762. The summed E-state index contributed by atoms with van der Waals surface area (Å²) in [5.74, 6) is -0.0141. The van der Waals surface area contributed by atoms with Gasteiger partial charge in [-0.1, -0.05) is 48.0 Å². The van der Waals surface area contributed by atoms with Crippen LogP contribution in [0.25, 0.3) is 11.1 Å². The fourth-order valence-electron chi connectivity index (χ4n) is 4.83. The summed E-state index contributed by atoms with van der Waals surface area (Å²) < 4.78 is 1.70. The molecule has 2 aromatic carbocycles. The molecule has 0 unspecified atom stereocenters. The molecule has 1 saturated heterocycles. The summed E-state index contributed by atoms with van der Waals surface area (Å²) in [7, 11) is 1.85. The van der Waals surface area contributed by atoms with Gasteiger partial charge in [0.25, 0.3) is 5.91 Å². The highest BCUT2D eigenvalue weighted by Crippen LogP contribution is 2.39. The number of hydrogen-bond acceptors (Lipinski definition) is 4. The first kappa shape index (κ1) is 20.9. The molecule has 0 bridgehead atoms. The number of rotatable bonds is 3. The lowest BCUT2D eigenvalue weighted by atomic mass is 9.98. The molecule has 1 aliphatic heterocycles. The van der Waals surface area contributed by atoms with E-state index < -0.39 is 0 Å². The van der Waals surface area contributed by atoms with Crippen LogP contribution in [0.5, 0.6) is 0 Å². The molecule has 164 valence electrons. The minimum absolute atomic E-state index is 0.00369. The molecule has 0 radical (unpaired) electrons. The maximum Gasteiger partial charge on any atom is 0.254 e. The van der Waals surface area contributed by atoms with Crippen molar-refractivity contribution in [1.82, 2.24) is 19.6 Å². The zero-order valence-corrected chi connectivity index (χ0v) is 19.0. The molecule has 5 rings (SSSR count). The molecule has 1 fully saturated rings. The third-order valence-electron chi connectivity index (χ3n) is 6.51. The predicted molar refractivity (Wildman–Crippen MR) is 124 cm³/mol. The first-order valence-corrected chi connectivity index (χ1v) is 11.3. The van der Waals surface area contributed by atoms with Crippen LogP contribution in [-0.2, 0) is 13.6 Å². The van der Waals surface area contributed by atoms with Crippen molar-refractivity contribution in [2.45, 2.75) is 19.9 Å². The zero-order chi connectivity index (χ0) is 22.4. The van der Waals surface area contributed by atoms with E-state index in [1.54, 1.807) is 4.68 Å². The molecular formula is C25H25ClN4O2. The van der Waals surface area contributed by atoms with Crippen molar-refractivity contribution in [3.63, 3.8) is 0 Å². The first-order chi connectivity index (χ1) is 15.5. The summed E-state index contributed by atoms with van der Waals surface area (Å²) in [6.45, 7) is 5.68. The van der Waals surface area contributed by atoms with Crippen LogP contribution in [0.3, 0.4) is 0 Å². The fraction of sp³-hybridized carbons (Fsp3) is 0.320. The van der Waals surface area contributed by atoms with Crippen LogP contribution < -0.4 is 0 Å². The fourth-order valence-corrected chi connectivity index (χ4v) is 5.07. The molecule has 3 aromatic rings. The summed E-state index contributed by atoms with van der Waals surface area (Å²) in [6, 6.07) is 13.0. The maximum atomic E-state index is 13.6. The van der Waals surface area contributed by atoms with E-state index in [4.69, 9.17) is 11.6 Å². The van der Waals surface area contributed by atoms with Crippen molar-refractivity contribution in [2.24, 2.45) is 7.05 Å². The summed E-state index contributed by atoms with van der Waals surface area (Å²) >= 11 is 6.42. The van der Waals surface area contributed by atoms with Gasteiger partial charge in [-0.3, -0.25) is 19.2 Å². The molecular weight excluding hydrogens is 424 g/mol. The highest BCUT2D eigenvalue weighted by Gasteiger charge is 2.32. The topological polar surface area (TPSA) is 58.4 Å². The molecule has 32 heavy (non-hydrogen) atoms. The highest BCUT2D eigenvalue weighted by atomic mass is 35.5. The lowest BCUT2D eigenvalue weighted by Gasteiger charge is -2.23. The Balaban J connectivity index is 1.37. The largest absolute Gasteiger partial charge is 0.337 e. The maximum absolute atomic E-state index is 13.6. The van der Waals surface area contributed by atoms with Gasteiger partial charge in [-0.15, -0.1) is 0 Å². The van der Waals surface area contributed by atoms with Crippen molar-refractivity contribution in [3.05, 3.63) is 75.6 Å². The van der Waals surface area contributed by atoms with E-state index in [-0.39, 0.29) is 11.7 Å². The molecule has 2 aliphatic rings. The number of carbonyl (C=O) groups is 2. The Morgan fingerprint density at radius 1 is 1.00 bits per heavy atom. The first-order valence-electron chi connectivity index (χ1n) is 10.9. The number of aryl methyl sites for hydroxylation is 2. The quantitative estimate of drug-likeness (QED) is 0.476. The molecule has 1 aromatic heterocycles. The van der Waals surface area contributed by atoms with Crippen LogP contribution in [0.2, 0.25) is 5.15 Å². The van der Waals surface area contributed by atoms with Crippen LogP contribution in [-0.4, -0.2) is 57.4 Å². The van der Waals surface area contributed by atoms with Gasteiger partial charge in [0.1, 0.15) is 5.15 Å². The molecule has 1 amide bonds. The van der Waals surface area contributed by atoms with Gasteiger partial charge < -0.3 is 4.90 Å². The Hall–Kier alpha value is -2.96. The van der Waals surface area contributed by atoms with Gasteiger partial charge >= 0.3 is 0 Å². The van der Waals surface area contributed by atoms with Gasteiger partial charge in [0.05, 0.1) is 5.69 Å². The molecule has 6 nitrogen and oxygen atoms in total. The average Bonchev–Trinajstić information content (AvgIpc) is 3.09. The van der Waals surface area contributed by atoms with Gasteiger partial charge in [0.2, 0.25) is 0 Å². The van der Waals surface area contributed by atoms with Gasteiger partial charge in [0, 0.05) is 67.6 Å². The summed E-state index contributed by atoms with van der Waals surface area (Å²) in [6.07, 6.45) is 0.882. The zero-order valence-electron chi connectivity index (χ0n) is 18.3. The monoisotopic (exact) mass is 448 g/mol. The number of fused-ring (bicyclic) bond motifs is 3. The molecule has 7 heteroatoms. The number of hydrogen-bond donors (Lipinski definition) is 0. The normalized spacial score (nSPS) is 16.1. The van der Waals surface area contributed by atoms with Crippen molar-refractivity contribution in [1.29, 1.82) is 0 Å². The Labute approximate surface area is 192 Å². The number of ketones is 1. The number of carbonyl (C=O) groups excluding carboxylic acids is 2.